The number of pyridine rings is 3. The summed E-state index contributed by atoms with van der Waals surface area (Å²) in [5.41, 5.74) is 2.54. The number of halogens is 2. The van der Waals surface area contributed by atoms with E-state index in [0.717, 1.165) is 11.8 Å². The van der Waals surface area contributed by atoms with Crippen LogP contribution in [0.15, 0.2) is 60.9 Å². The summed E-state index contributed by atoms with van der Waals surface area (Å²) >= 11 is 6.07. The van der Waals surface area contributed by atoms with E-state index in [2.05, 4.69) is 25.6 Å². The summed E-state index contributed by atoms with van der Waals surface area (Å²) in [5, 5.41) is 7.27. The second kappa shape index (κ2) is 9.06. The molecule has 0 spiro atoms. The number of hydrogen-bond donors (Lipinski definition) is 2. The van der Waals surface area contributed by atoms with Crippen molar-refractivity contribution in [3.8, 4) is 11.3 Å². The molecule has 0 saturated carbocycles. The summed E-state index contributed by atoms with van der Waals surface area (Å²) in [7, 11) is 0. The fraction of sp³-hybridized carbons (Fsp3) is 0.130. The molecule has 2 N–H and O–H groups in total. The first-order valence-corrected chi connectivity index (χ1v) is 10.2. The van der Waals surface area contributed by atoms with Crippen LogP contribution in [0.3, 0.4) is 0 Å². The van der Waals surface area contributed by atoms with Gasteiger partial charge in [-0.3, -0.25) is 4.79 Å². The Morgan fingerprint density at radius 3 is 2.81 bits per heavy atom. The molecule has 0 fully saturated rings. The Balaban J connectivity index is 1.74. The molecule has 4 rings (SSSR count). The van der Waals surface area contributed by atoms with Gasteiger partial charge in [-0.05, 0) is 48.9 Å². The highest BCUT2D eigenvalue weighted by Gasteiger charge is 2.13. The smallest absolute Gasteiger partial charge is 0.225 e. The summed E-state index contributed by atoms with van der Waals surface area (Å²) in [5.74, 6) is -0.0755. The molecule has 0 aliphatic rings. The minimum absolute atomic E-state index is 0.0931. The monoisotopic (exact) mass is 435 g/mol. The number of benzene rings is 1. The molecule has 3 heterocycles. The predicted octanol–water partition coefficient (Wildman–Crippen LogP) is 5.97. The van der Waals surface area contributed by atoms with E-state index in [-0.39, 0.29) is 11.5 Å². The number of rotatable bonds is 6. The van der Waals surface area contributed by atoms with Gasteiger partial charge in [-0.15, -0.1) is 0 Å². The molecule has 0 aliphatic heterocycles. The van der Waals surface area contributed by atoms with Crippen molar-refractivity contribution >= 4 is 45.7 Å². The molecule has 4 aromatic rings. The third-order valence-electron chi connectivity index (χ3n) is 4.57. The van der Waals surface area contributed by atoms with Gasteiger partial charge < -0.3 is 10.6 Å². The third kappa shape index (κ3) is 4.78. The van der Waals surface area contributed by atoms with Crippen LogP contribution in [0.5, 0.6) is 0 Å². The minimum Gasteiger partial charge on any atom is -0.355 e. The topological polar surface area (TPSA) is 79.8 Å². The summed E-state index contributed by atoms with van der Waals surface area (Å²) < 4.78 is 14.5. The minimum atomic E-state index is -0.428. The van der Waals surface area contributed by atoms with Crippen molar-refractivity contribution in [2.75, 3.05) is 10.6 Å². The molecule has 0 unspecified atom stereocenters. The van der Waals surface area contributed by atoms with Crippen molar-refractivity contribution in [3.63, 3.8) is 0 Å². The van der Waals surface area contributed by atoms with Gasteiger partial charge in [0.05, 0.1) is 11.4 Å². The van der Waals surface area contributed by atoms with Crippen LogP contribution in [0.1, 0.15) is 19.8 Å². The van der Waals surface area contributed by atoms with Gasteiger partial charge in [0.25, 0.3) is 0 Å². The fourth-order valence-electron chi connectivity index (χ4n) is 3.16. The Kier molecular flexibility index (Phi) is 6.04. The average molecular weight is 436 g/mol. The fourth-order valence-corrected chi connectivity index (χ4v) is 3.33. The van der Waals surface area contributed by atoms with Crippen molar-refractivity contribution in [3.05, 3.63) is 71.8 Å². The second-order valence-electron chi connectivity index (χ2n) is 6.91. The van der Waals surface area contributed by atoms with E-state index in [1.807, 2.05) is 13.0 Å². The van der Waals surface area contributed by atoms with Gasteiger partial charge in [0.15, 0.2) is 5.65 Å². The number of carbonyl (C=O) groups excluding carboxylic acids is 1. The van der Waals surface area contributed by atoms with Crippen LogP contribution in [-0.2, 0) is 4.79 Å². The first-order valence-electron chi connectivity index (χ1n) is 9.77. The summed E-state index contributed by atoms with van der Waals surface area (Å²) in [6.45, 7) is 1.94. The van der Waals surface area contributed by atoms with Crippen LogP contribution in [0.4, 0.5) is 21.6 Å². The maximum atomic E-state index is 14.5. The van der Waals surface area contributed by atoms with Crippen LogP contribution in [0.25, 0.3) is 22.3 Å². The summed E-state index contributed by atoms with van der Waals surface area (Å²) in [6, 6.07) is 13.3. The highest BCUT2D eigenvalue weighted by Crippen LogP contribution is 2.32. The van der Waals surface area contributed by atoms with E-state index in [4.69, 9.17) is 11.6 Å². The number of fused-ring (bicyclic) bond motifs is 1. The van der Waals surface area contributed by atoms with E-state index in [1.54, 1.807) is 36.7 Å². The van der Waals surface area contributed by atoms with Gasteiger partial charge in [-0.2, -0.15) is 0 Å². The lowest BCUT2D eigenvalue weighted by molar-refractivity contribution is -0.116. The van der Waals surface area contributed by atoms with Crippen molar-refractivity contribution in [2.24, 2.45) is 0 Å². The number of nitrogens with zero attached hydrogens (tertiary/aromatic N) is 3. The molecule has 31 heavy (non-hydrogen) atoms. The van der Waals surface area contributed by atoms with Gasteiger partial charge in [0.1, 0.15) is 11.6 Å². The number of amides is 1. The average Bonchev–Trinajstić information content (AvgIpc) is 2.76. The molecule has 8 heteroatoms. The maximum Gasteiger partial charge on any atom is 0.225 e. The normalized spacial score (nSPS) is 10.8. The standard InChI is InChI=1S/C23H19ClFN5O/c1-2-4-22(31)30-21-12-15(8-10-26-21)28-19-13-20(17-11-14(24)6-7-18(17)25)29-23-16(19)5-3-9-27-23/h3,5-13H,2,4H2,1H3,(H2,26,27,28,29,30,31). The lowest BCUT2D eigenvalue weighted by Gasteiger charge is -2.13. The Bertz CT molecular complexity index is 1260. The largest absolute Gasteiger partial charge is 0.355 e. The molecule has 0 saturated heterocycles. The predicted molar refractivity (Wildman–Crippen MR) is 121 cm³/mol. The van der Waals surface area contributed by atoms with Gasteiger partial charge in [-0.1, -0.05) is 18.5 Å². The highest BCUT2D eigenvalue weighted by molar-refractivity contribution is 6.30. The molecule has 1 amide bonds. The molecular formula is C23H19ClFN5O. The van der Waals surface area contributed by atoms with Gasteiger partial charge in [0.2, 0.25) is 5.91 Å². The molecule has 1 aromatic carbocycles. The van der Waals surface area contributed by atoms with Crippen molar-refractivity contribution in [2.45, 2.75) is 19.8 Å². The van der Waals surface area contributed by atoms with E-state index in [0.29, 0.717) is 40.0 Å². The highest BCUT2D eigenvalue weighted by atomic mass is 35.5. The summed E-state index contributed by atoms with van der Waals surface area (Å²) in [4.78, 5) is 24.9. The summed E-state index contributed by atoms with van der Waals surface area (Å²) in [6.07, 6.45) is 4.41. The zero-order valence-electron chi connectivity index (χ0n) is 16.7. The number of aromatic nitrogens is 3. The molecule has 0 radical (unpaired) electrons. The zero-order valence-corrected chi connectivity index (χ0v) is 17.4. The molecule has 0 bridgehead atoms. The van der Waals surface area contributed by atoms with E-state index in [1.165, 1.54) is 18.2 Å². The van der Waals surface area contributed by atoms with Gasteiger partial charge in [0, 0.05) is 46.5 Å². The quantitative estimate of drug-likeness (QED) is 0.390. The molecule has 0 atom stereocenters. The Morgan fingerprint density at radius 2 is 1.97 bits per heavy atom. The lowest BCUT2D eigenvalue weighted by Crippen LogP contribution is -2.11. The molecule has 156 valence electrons. The molecule has 6 nitrogen and oxygen atoms in total. The first kappa shape index (κ1) is 20.7. The van der Waals surface area contributed by atoms with Crippen molar-refractivity contribution in [1.82, 2.24) is 15.0 Å². The Hall–Kier alpha value is -3.58. The molecular weight excluding hydrogens is 417 g/mol. The maximum absolute atomic E-state index is 14.5. The van der Waals surface area contributed by atoms with Crippen molar-refractivity contribution < 1.29 is 9.18 Å². The Morgan fingerprint density at radius 1 is 1.10 bits per heavy atom. The van der Waals surface area contributed by atoms with E-state index in [9.17, 15) is 9.18 Å². The van der Waals surface area contributed by atoms with E-state index >= 15 is 0 Å². The number of hydrogen-bond acceptors (Lipinski definition) is 5. The van der Waals surface area contributed by atoms with Crippen molar-refractivity contribution in [1.29, 1.82) is 0 Å². The van der Waals surface area contributed by atoms with Crippen LogP contribution >= 0.6 is 11.6 Å². The van der Waals surface area contributed by atoms with Crippen LogP contribution < -0.4 is 10.6 Å². The van der Waals surface area contributed by atoms with Crippen LogP contribution in [0.2, 0.25) is 5.02 Å². The van der Waals surface area contributed by atoms with E-state index < -0.39 is 5.82 Å². The molecule has 3 aromatic heterocycles. The Labute approximate surface area is 183 Å². The lowest BCUT2D eigenvalue weighted by atomic mass is 10.1. The third-order valence-corrected chi connectivity index (χ3v) is 4.81. The zero-order chi connectivity index (χ0) is 21.8. The van der Waals surface area contributed by atoms with Crippen LogP contribution in [-0.4, -0.2) is 20.9 Å². The van der Waals surface area contributed by atoms with Gasteiger partial charge >= 0.3 is 0 Å². The number of nitrogens with one attached hydrogen (secondary N) is 2. The van der Waals surface area contributed by atoms with Gasteiger partial charge in [-0.25, -0.2) is 19.3 Å². The molecule has 0 aliphatic carbocycles. The first-order chi connectivity index (χ1) is 15.0. The second-order valence-corrected chi connectivity index (χ2v) is 7.34. The number of carbonyl (C=O) groups is 1. The SMILES string of the molecule is CCCC(=O)Nc1cc(Nc2cc(-c3cc(Cl)ccc3F)nc3ncccc23)ccn1. The van der Waals surface area contributed by atoms with Crippen LogP contribution in [0, 0.1) is 5.82 Å². The number of anilines is 3.